The largest absolute Gasteiger partial charge is 0.497 e. The number of hydrogen-bond donors (Lipinski definition) is 0. The van der Waals surface area contributed by atoms with Crippen LogP contribution in [0.4, 0.5) is 4.39 Å². The van der Waals surface area contributed by atoms with Gasteiger partial charge < -0.3 is 19.1 Å². The first-order valence-corrected chi connectivity index (χ1v) is 12.1. The molecule has 1 saturated carbocycles. The maximum Gasteiger partial charge on any atom is 0.262 e. The lowest BCUT2D eigenvalue weighted by Crippen LogP contribution is -2.46. The van der Waals surface area contributed by atoms with Crippen LogP contribution in [0.25, 0.3) is 0 Å². The molecule has 1 aliphatic heterocycles. The van der Waals surface area contributed by atoms with Crippen LogP contribution in [0.1, 0.15) is 42.9 Å². The van der Waals surface area contributed by atoms with Crippen molar-refractivity contribution in [1.29, 1.82) is 0 Å². The lowest BCUT2D eigenvalue weighted by atomic mass is 9.84. The van der Waals surface area contributed by atoms with E-state index in [9.17, 15) is 14.0 Å². The maximum atomic E-state index is 14.9. The second kappa shape index (κ2) is 11.5. The third-order valence-electron chi connectivity index (χ3n) is 6.81. The van der Waals surface area contributed by atoms with Crippen molar-refractivity contribution < 1.29 is 28.2 Å². The number of carbonyl (C=O) groups excluding carboxylic acids is 2. The van der Waals surface area contributed by atoms with Gasteiger partial charge in [0.1, 0.15) is 23.9 Å². The Labute approximate surface area is 210 Å². The quantitative estimate of drug-likeness (QED) is 0.499. The van der Waals surface area contributed by atoms with Gasteiger partial charge in [-0.15, -0.1) is 0 Å². The maximum absolute atomic E-state index is 14.9. The van der Waals surface area contributed by atoms with E-state index in [2.05, 4.69) is 5.10 Å². The van der Waals surface area contributed by atoms with Crippen LogP contribution in [-0.2, 0) is 14.3 Å². The van der Waals surface area contributed by atoms with Gasteiger partial charge in [0.15, 0.2) is 0 Å². The first kappa shape index (κ1) is 25.6. The minimum absolute atomic E-state index is 0.0469. The van der Waals surface area contributed by atoms with E-state index in [1.807, 2.05) is 6.07 Å². The predicted octanol–water partition coefficient (Wildman–Crippen LogP) is 3.80. The molecule has 0 radical (unpaired) electrons. The number of hydrogen-bond acceptors (Lipinski definition) is 6. The van der Waals surface area contributed by atoms with E-state index >= 15 is 0 Å². The van der Waals surface area contributed by atoms with Gasteiger partial charge in [0, 0.05) is 43.2 Å². The first-order chi connectivity index (χ1) is 17.5. The van der Waals surface area contributed by atoms with Crippen LogP contribution in [0, 0.1) is 11.7 Å². The zero-order valence-corrected chi connectivity index (χ0v) is 20.9. The summed E-state index contributed by atoms with van der Waals surface area (Å²) in [7, 11) is 4.67. The van der Waals surface area contributed by atoms with Crippen molar-refractivity contribution in [1.82, 2.24) is 9.91 Å². The second-order valence-electron chi connectivity index (χ2n) is 8.97. The zero-order valence-electron chi connectivity index (χ0n) is 20.9. The molecule has 2 aromatic carbocycles. The predicted molar refractivity (Wildman–Crippen MR) is 132 cm³/mol. The summed E-state index contributed by atoms with van der Waals surface area (Å²) >= 11 is 0. The summed E-state index contributed by atoms with van der Waals surface area (Å²) in [5, 5.41) is 5.95. The summed E-state index contributed by atoms with van der Waals surface area (Å²) in [4.78, 5) is 28.1. The Hall–Kier alpha value is -3.46. The molecule has 0 bridgehead atoms. The molecule has 0 saturated heterocycles. The van der Waals surface area contributed by atoms with E-state index < -0.39 is 11.9 Å². The zero-order chi connectivity index (χ0) is 25.7. The molecule has 0 aromatic heterocycles. The number of halogens is 1. The molecule has 9 heteroatoms. The summed E-state index contributed by atoms with van der Waals surface area (Å²) < 4.78 is 30.9. The van der Waals surface area contributed by atoms with E-state index in [0.717, 1.165) is 19.3 Å². The summed E-state index contributed by atoms with van der Waals surface area (Å²) in [5.41, 5.74) is 1.65. The van der Waals surface area contributed by atoms with Gasteiger partial charge >= 0.3 is 0 Å². The lowest BCUT2D eigenvalue weighted by Gasteiger charge is -2.32. The number of amides is 2. The van der Waals surface area contributed by atoms with Gasteiger partial charge in [-0.2, -0.15) is 5.10 Å². The normalized spacial score (nSPS) is 17.4. The molecular weight excluding hydrogens is 465 g/mol. The van der Waals surface area contributed by atoms with Crippen LogP contribution in [0.2, 0.25) is 0 Å². The molecule has 1 fully saturated rings. The smallest absolute Gasteiger partial charge is 0.262 e. The van der Waals surface area contributed by atoms with Crippen molar-refractivity contribution >= 4 is 17.5 Å². The lowest BCUT2D eigenvalue weighted by molar-refractivity contribution is -0.146. The molecule has 2 aliphatic rings. The fourth-order valence-corrected chi connectivity index (χ4v) is 4.55. The van der Waals surface area contributed by atoms with Crippen molar-refractivity contribution in [3.8, 4) is 11.5 Å². The first-order valence-electron chi connectivity index (χ1n) is 12.1. The Morgan fingerprint density at radius 1 is 1.11 bits per heavy atom. The average molecular weight is 498 g/mol. The summed E-state index contributed by atoms with van der Waals surface area (Å²) in [6.45, 7) is 0.471. The highest BCUT2D eigenvalue weighted by molar-refractivity contribution is 6.05. The van der Waals surface area contributed by atoms with Crippen molar-refractivity contribution in [3.63, 3.8) is 0 Å². The van der Waals surface area contributed by atoms with Gasteiger partial charge in [0.05, 0.1) is 32.6 Å². The van der Waals surface area contributed by atoms with Gasteiger partial charge in [0.2, 0.25) is 5.91 Å². The number of hydrazone groups is 1. The standard InChI is InChI=1S/C27H32FN3O5/c1-34-14-13-30(27(33)18-7-6-8-18)17-26(32)31-24(20-9-4-5-10-22(20)28)16-23(29-31)21-12-11-19(35-2)15-25(21)36-3/h4-5,9-12,15,18,24H,6-8,13-14,16-17H2,1-3H3/t24-/m0/s1. The van der Waals surface area contributed by atoms with Gasteiger partial charge in [-0.25, -0.2) is 9.40 Å². The molecule has 192 valence electrons. The van der Waals surface area contributed by atoms with Gasteiger partial charge in [-0.3, -0.25) is 9.59 Å². The molecule has 8 nitrogen and oxygen atoms in total. The van der Waals surface area contributed by atoms with Crippen LogP contribution in [0.5, 0.6) is 11.5 Å². The monoisotopic (exact) mass is 497 g/mol. The molecule has 1 atom stereocenters. The minimum Gasteiger partial charge on any atom is -0.497 e. The van der Waals surface area contributed by atoms with Crippen LogP contribution in [0.3, 0.4) is 0 Å². The van der Waals surface area contributed by atoms with Gasteiger partial charge in [-0.1, -0.05) is 24.6 Å². The van der Waals surface area contributed by atoms with E-state index in [-0.39, 0.29) is 24.3 Å². The molecule has 36 heavy (non-hydrogen) atoms. The fourth-order valence-electron chi connectivity index (χ4n) is 4.55. The van der Waals surface area contributed by atoms with Crippen LogP contribution in [0.15, 0.2) is 47.6 Å². The van der Waals surface area contributed by atoms with E-state index in [1.54, 1.807) is 51.7 Å². The van der Waals surface area contributed by atoms with Crippen molar-refractivity contribution in [2.24, 2.45) is 11.0 Å². The van der Waals surface area contributed by atoms with E-state index in [1.165, 1.54) is 16.0 Å². The molecular formula is C27H32FN3O5. The van der Waals surface area contributed by atoms with E-state index in [0.29, 0.717) is 47.9 Å². The highest BCUT2D eigenvalue weighted by Crippen LogP contribution is 2.37. The molecule has 2 amide bonds. The molecule has 0 unspecified atom stereocenters. The Morgan fingerprint density at radius 3 is 2.53 bits per heavy atom. The summed E-state index contributed by atoms with van der Waals surface area (Å²) in [5.74, 6) is 0.259. The summed E-state index contributed by atoms with van der Waals surface area (Å²) in [6.07, 6.45) is 2.97. The molecule has 2 aromatic rings. The summed E-state index contributed by atoms with van der Waals surface area (Å²) in [6, 6.07) is 11.1. The Bertz CT molecular complexity index is 1130. The second-order valence-corrected chi connectivity index (χ2v) is 8.97. The third kappa shape index (κ3) is 5.36. The number of methoxy groups -OCH3 is 3. The third-order valence-corrected chi connectivity index (χ3v) is 6.81. The van der Waals surface area contributed by atoms with Gasteiger partial charge in [-0.05, 0) is 31.0 Å². The topological polar surface area (TPSA) is 80.7 Å². The molecule has 0 N–H and O–H groups in total. The highest BCUT2D eigenvalue weighted by Gasteiger charge is 2.37. The van der Waals surface area contributed by atoms with Gasteiger partial charge in [0.25, 0.3) is 5.91 Å². The van der Waals surface area contributed by atoms with Crippen molar-refractivity contribution in [2.75, 3.05) is 41.0 Å². The van der Waals surface area contributed by atoms with Crippen LogP contribution >= 0.6 is 0 Å². The number of benzene rings is 2. The Morgan fingerprint density at radius 2 is 1.89 bits per heavy atom. The number of nitrogens with zero attached hydrogens (tertiary/aromatic N) is 3. The van der Waals surface area contributed by atoms with Crippen LogP contribution in [-0.4, -0.2) is 68.5 Å². The molecule has 1 heterocycles. The Balaban J connectivity index is 1.65. The number of ether oxygens (including phenoxy) is 3. The highest BCUT2D eigenvalue weighted by atomic mass is 19.1. The number of carbonyl (C=O) groups is 2. The molecule has 1 aliphatic carbocycles. The molecule has 4 rings (SSSR count). The number of rotatable bonds is 10. The average Bonchev–Trinajstić information content (AvgIpc) is 3.30. The van der Waals surface area contributed by atoms with E-state index in [4.69, 9.17) is 14.2 Å². The fraction of sp³-hybridized carbons (Fsp3) is 0.444. The minimum atomic E-state index is -0.649. The Kier molecular flexibility index (Phi) is 8.20. The molecule has 0 spiro atoms. The SMILES string of the molecule is COCCN(CC(=O)N1N=C(c2ccc(OC)cc2OC)C[C@H]1c1ccccc1F)C(=O)C1CCC1. The van der Waals surface area contributed by atoms with Crippen LogP contribution < -0.4 is 9.47 Å². The van der Waals surface area contributed by atoms with Crippen molar-refractivity contribution in [3.05, 3.63) is 59.4 Å². The van der Waals surface area contributed by atoms with Crippen molar-refractivity contribution in [2.45, 2.75) is 31.7 Å².